The maximum atomic E-state index is 11.3. The zero-order valence-corrected chi connectivity index (χ0v) is 11.8. The SMILES string of the molecule is O=CN1Cc2ccc(C(=O)O)cc2O[C@@H](c2ccccc2)C1. The number of amides is 1. The van der Waals surface area contributed by atoms with Gasteiger partial charge in [-0.15, -0.1) is 0 Å². The lowest BCUT2D eigenvalue weighted by Gasteiger charge is -2.20. The summed E-state index contributed by atoms with van der Waals surface area (Å²) in [4.78, 5) is 24.0. The van der Waals surface area contributed by atoms with Gasteiger partial charge in [0.1, 0.15) is 11.9 Å². The predicted molar refractivity (Wildman–Crippen MR) is 79.7 cm³/mol. The lowest BCUT2D eigenvalue weighted by atomic mass is 10.1. The first-order chi connectivity index (χ1) is 10.7. The Labute approximate surface area is 127 Å². The number of rotatable bonds is 3. The van der Waals surface area contributed by atoms with Crippen molar-refractivity contribution in [3.63, 3.8) is 0 Å². The topological polar surface area (TPSA) is 66.8 Å². The number of carboxylic acids is 1. The second-order valence-corrected chi connectivity index (χ2v) is 5.18. The molecule has 0 fully saturated rings. The van der Waals surface area contributed by atoms with Gasteiger partial charge >= 0.3 is 5.97 Å². The Morgan fingerprint density at radius 3 is 2.68 bits per heavy atom. The summed E-state index contributed by atoms with van der Waals surface area (Å²) < 4.78 is 6.00. The highest BCUT2D eigenvalue weighted by atomic mass is 16.5. The minimum absolute atomic E-state index is 0.171. The largest absolute Gasteiger partial charge is 0.483 e. The predicted octanol–water partition coefficient (Wildman–Crippen LogP) is 2.48. The maximum Gasteiger partial charge on any atom is 0.335 e. The number of carboxylic acid groups (broad SMARTS) is 1. The lowest BCUT2D eigenvalue weighted by molar-refractivity contribution is -0.119. The third-order valence-electron chi connectivity index (χ3n) is 3.68. The fourth-order valence-corrected chi connectivity index (χ4v) is 2.54. The second kappa shape index (κ2) is 5.89. The van der Waals surface area contributed by atoms with Gasteiger partial charge in [0.05, 0.1) is 12.1 Å². The van der Waals surface area contributed by atoms with Crippen molar-refractivity contribution >= 4 is 12.4 Å². The van der Waals surface area contributed by atoms with E-state index in [1.165, 1.54) is 12.1 Å². The Kier molecular flexibility index (Phi) is 3.78. The molecule has 0 aliphatic carbocycles. The second-order valence-electron chi connectivity index (χ2n) is 5.18. The Morgan fingerprint density at radius 1 is 1.23 bits per heavy atom. The van der Waals surface area contributed by atoms with Gasteiger partial charge in [0, 0.05) is 12.1 Å². The van der Waals surface area contributed by atoms with Crippen LogP contribution in [-0.2, 0) is 11.3 Å². The molecule has 5 nitrogen and oxygen atoms in total. The third-order valence-corrected chi connectivity index (χ3v) is 3.68. The molecule has 0 radical (unpaired) electrons. The van der Waals surface area contributed by atoms with Crippen molar-refractivity contribution in [2.24, 2.45) is 0 Å². The van der Waals surface area contributed by atoms with Crippen LogP contribution >= 0.6 is 0 Å². The minimum atomic E-state index is -1.00. The van der Waals surface area contributed by atoms with E-state index >= 15 is 0 Å². The summed E-state index contributed by atoms with van der Waals surface area (Å²) in [5.74, 6) is -0.489. The van der Waals surface area contributed by atoms with Crippen molar-refractivity contribution < 1.29 is 19.4 Å². The van der Waals surface area contributed by atoms with E-state index in [-0.39, 0.29) is 11.7 Å². The van der Waals surface area contributed by atoms with E-state index in [2.05, 4.69) is 0 Å². The molecule has 0 aromatic heterocycles. The summed E-state index contributed by atoms with van der Waals surface area (Å²) in [5.41, 5.74) is 1.92. The van der Waals surface area contributed by atoms with Gasteiger partial charge in [-0.3, -0.25) is 4.79 Å². The number of carbonyl (C=O) groups is 2. The third kappa shape index (κ3) is 2.79. The first-order valence-electron chi connectivity index (χ1n) is 6.94. The minimum Gasteiger partial charge on any atom is -0.483 e. The van der Waals surface area contributed by atoms with E-state index < -0.39 is 5.97 Å². The zero-order chi connectivity index (χ0) is 15.5. The molecule has 1 aliphatic rings. The summed E-state index contributed by atoms with van der Waals surface area (Å²) >= 11 is 0. The molecule has 2 aromatic carbocycles. The van der Waals surface area contributed by atoms with Crippen LogP contribution in [0.25, 0.3) is 0 Å². The van der Waals surface area contributed by atoms with Crippen molar-refractivity contribution in [2.45, 2.75) is 12.6 Å². The summed E-state index contributed by atoms with van der Waals surface area (Å²) in [7, 11) is 0. The lowest BCUT2D eigenvalue weighted by Crippen LogP contribution is -2.26. The van der Waals surface area contributed by atoms with Gasteiger partial charge in [0.15, 0.2) is 0 Å². The Bertz CT molecular complexity index is 699. The fraction of sp³-hybridized carbons (Fsp3) is 0.176. The summed E-state index contributed by atoms with van der Waals surface area (Å²) in [6, 6.07) is 14.3. The van der Waals surface area contributed by atoms with Gasteiger partial charge in [0.25, 0.3) is 0 Å². The number of ether oxygens (including phenoxy) is 1. The molecule has 1 amide bonds. The van der Waals surface area contributed by atoms with E-state index in [9.17, 15) is 9.59 Å². The fourth-order valence-electron chi connectivity index (χ4n) is 2.54. The first-order valence-corrected chi connectivity index (χ1v) is 6.94. The highest BCUT2D eigenvalue weighted by Crippen LogP contribution is 2.31. The van der Waals surface area contributed by atoms with Gasteiger partial charge in [-0.05, 0) is 17.7 Å². The van der Waals surface area contributed by atoms with Gasteiger partial charge in [-0.1, -0.05) is 36.4 Å². The van der Waals surface area contributed by atoms with Crippen molar-refractivity contribution in [1.29, 1.82) is 0 Å². The summed E-state index contributed by atoms with van der Waals surface area (Å²) in [6.45, 7) is 0.826. The van der Waals surface area contributed by atoms with Crippen LogP contribution in [0.5, 0.6) is 5.75 Å². The number of aromatic carboxylic acids is 1. The van der Waals surface area contributed by atoms with E-state index in [0.29, 0.717) is 18.8 Å². The molecule has 22 heavy (non-hydrogen) atoms. The molecule has 5 heteroatoms. The van der Waals surface area contributed by atoms with Crippen LogP contribution in [-0.4, -0.2) is 28.9 Å². The molecule has 0 saturated heterocycles. The zero-order valence-electron chi connectivity index (χ0n) is 11.8. The molecule has 2 aromatic rings. The highest BCUT2D eigenvalue weighted by molar-refractivity contribution is 5.88. The van der Waals surface area contributed by atoms with Gasteiger partial charge < -0.3 is 14.7 Å². The van der Waals surface area contributed by atoms with Crippen molar-refractivity contribution in [2.75, 3.05) is 6.54 Å². The number of carbonyl (C=O) groups excluding carboxylic acids is 1. The van der Waals surface area contributed by atoms with Crippen LogP contribution in [0.2, 0.25) is 0 Å². The molecule has 1 atom stereocenters. The maximum absolute atomic E-state index is 11.3. The number of nitrogens with zero attached hydrogens (tertiary/aromatic N) is 1. The van der Waals surface area contributed by atoms with Crippen LogP contribution < -0.4 is 4.74 Å². The Balaban J connectivity index is 2.00. The molecule has 1 aliphatic heterocycles. The monoisotopic (exact) mass is 297 g/mol. The van der Waals surface area contributed by atoms with Crippen LogP contribution in [0.3, 0.4) is 0 Å². The molecule has 112 valence electrons. The molecule has 0 saturated carbocycles. The number of benzene rings is 2. The first kappa shape index (κ1) is 14.1. The quantitative estimate of drug-likeness (QED) is 0.884. The van der Waals surface area contributed by atoms with Crippen LogP contribution in [0.4, 0.5) is 0 Å². The van der Waals surface area contributed by atoms with Gasteiger partial charge in [-0.2, -0.15) is 0 Å². The van der Waals surface area contributed by atoms with E-state index in [4.69, 9.17) is 9.84 Å². The molecule has 0 bridgehead atoms. The van der Waals surface area contributed by atoms with Crippen LogP contribution in [0, 0.1) is 0 Å². The van der Waals surface area contributed by atoms with Crippen molar-refractivity contribution in [3.05, 3.63) is 65.2 Å². The normalized spacial score (nSPS) is 17.1. The molecular weight excluding hydrogens is 282 g/mol. The molecule has 0 unspecified atom stereocenters. The average Bonchev–Trinajstić information content (AvgIpc) is 2.74. The standard InChI is InChI=1S/C17H15NO4/c19-11-18-9-14-7-6-13(17(20)21)8-15(14)22-16(10-18)12-4-2-1-3-5-12/h1-8,11,16H,9-10H2,(H,20,21)/t16-/m1/s1. The van der Waals surface area contributed by atoms with Crippen LogP contribution in [0.1, 0.15) is 27.6 Å². The summed E-state index contributed by atoms with van der Waals surface area (Å²) in [5, 5.41) is 9.12. The molecule has 1 heterocycles. The molecule has 0 spiro atoms. The molecule has 3 rings (SSSR count). The van der Waals surface area contributed by atoms with E-state index in [1.807, 2.05) is 30.3 Å². The Morgan fingerprint density at radius 2 is 2.00 bits per heavy atom. The van der Waals surface area contributed by atoms with Gasteiger partial charge in [-0.25, -0.2) is 4.79 Å². The van der Waals surface area contributed by atoms with Crippen molar-refractivity contribution in [1.82, 2.24) is 4.90 Å². The van der Waals surface area contributed by atoms with Crippen LogP contribution in [0.15, 0.2) is 48.5 Å². The number of hydrogen-bond acceptors (Lipinski definition) is 3. The smallest absolute Gasteiger partial charge is 0.335 e. The number of fused-ring (bicyclic) bond motifs is 1. The molecular formula is C17H15NO4. The molecule has 1 N–H and O–H groups in total. The number of hydrogen-bond donors (Lipinski definition) is 1. The average molecular weight is 297 g/mol. The highest BCUT2D eigenvalue weighted by Gasteiger charge is 2.24. The Hall–Kier alpha value is -2.82. The van der Waals surface area contributed by atoms with E-state index in [0.717, 1.165) is 17.5 Å². The van der Waals surface area contributed by atoms with Crippen molar-refractivity contribution in [3.8, 4) is 5.75 Å². The van der Waals surface area contributed by atoms with Gasteiger partial charge in [0.2, 0.25) is 6.41 Å². The van der Waals surface area contributed by atoms with E-state index in [1.54, 1.807) is 11.0 Å². The summed E-state index contributed by atoms with van der Waals surface area (Å²) in [6.07, 6.45) is 0.469.